The number of nitrogens with zero attached hydrogens (tertiary/aromatic N) is 6. The molecule has 0 radical (unpaired) electrons. The van der Waals surface area contributed by atoms with E-state index in [9.17, 15) is 25.6 Å². The Kier molecular flexibility index (Phi) is 10.5. The maximum atomic E-state index is 13.9. The van der Waals surface area contributed by atoms with Crippen molar-refractivity contribution in [3.63, 3.8) is 0 Å². The molecule has 0 saturated heterocycles. The van der Waals surface area contributed by atoms with E-state index in [4.69, 9.17) is 0 Å². The van der Waals surface area contributed by atoms with Crippen molar-refractivity contribution in [2.45, 2.75) is 15.3 Å². The van der Waals surface area contributed by atoms with Crippen LogP contribution >= 0.6 is 22.7 Å². The molecule has 4 aromatic carbocycles. The maximum Gasteiger partial charge on any atom is 0.271 e. The van der Waals surface area contributed by atoms with Gasteiger partial charge in [-0.3, -0.25) is 9.44 Å². The lowest BCUT2D eigenvalue weighted by Gasteiger charge is -2.07. The van der Waals surface area contributed by atoms with Gasteiger partial charge < -0.3 is 0 Å². The van der Waals surface area contributed by atoms with Gasteiger partial charge >= 0.3 is 0 Å². The average Bonchev–Trinajstić information content (AvgIpc) is 4.00. The first-order valence-electron chi connectivity index (χ1n) is 15.9. The van der Waals surface area contributed by atoms with E-state index in [1.807, 2.05) is 37.3 Å². The highest BCUT2D eigenvalue weighted by molar-refractivity contribution is 7.95. The van der Waals surface area contributed by atoms with E-state index in [0.717, 1.165) is 39.5 Å². The molecule has 4 heterocycles. The number of nitrogens with one attached hydrogen (secondary N) is 4. The van der Waals surface area contributed by atoms with E-state index in [1.165, 1.54) is 29.5 Å². The van der Waals surface area contributed by atoms with E-state index in [1.54, 1.807) is 54.6 Å². The molecule has 55 heavy (non-hydrogen) atoms. The highest BCUT2D eigenvalue weighted by Gasteiger charge is 2.21. The van der Waals surface area contributed by atoms with Crippen molar-refractivity contribution in [1.82, 2.24) is 41.2 Å². The van der Waals surface area contributed by atoms with E-state index in [2.05, 4.69) is 50.7 Å². The van der Waals surface area contributed by atoms with Crippen LogP contribution in [0.1, 0.15) is 5.56 Å². The summed E-state index contributed by atoms with van der Waals surface area (Å²) in [6.07, 6.45) is 0. The molecule has 0 atom stereocenters. The highest BCUT2D eigenvalue weighted by atomic mass is 32.3. The number of H-pyrrole nitrogens is 2. The molecule has 14 nitrogen and oxygen atoms in total. The van der Waals surface area contributed by atoms with Crippen molar-refractivity contribution in [3.8, 4) is 43.7 Å². The summed E-state index contributed by atoms with van der Waals surface area (Å²) in [5, 5.41) is 27.2. The van der Waals surface area contributed by atoms with Gasteiger partial charge in [0.15, 0.2) is 0 Å². The second kappa shape index (κ2) is 15.6. The van der Waals surface area contributed by atoms with Crippen LogP contribution in [0.3, 0.4) is 0 Å². The van der Waals surface area contributed by atoms with Crippen molar-refractivity contribution in [1.29, 1.82) is 0 Å². The Morgan fingerprint density at radius 3 is 1.60 bits per heavy atom. The molecule has 4 aromatic heterocycles. The molecule has 0 bridgehead atoms. The van der Waals surface area contributed by atoms with Gasteiger partial charge in [-0.15, -0.1) is 43.1 Å². The van der Waals surface area contributed by atoms with Crippen LogP contribution in [0.15, 0.2) is 124 Å². The van der Waals surface area contributed by atoms with E-state index in [-0.39, 0.29) is 14.0 Å². The van der Waals surface area contributed by atoms with Crippen LogP contribution in [0, 0.1) is 18.6 Å². The van der Waals surface area contributed by atoms with Gasteiger partial charge in [-0.25, -0.2) is 25.6 Å². The van der Waals surface area contributed by atoms with E-state index in [0.29, 0.717) is 39.0 Å². The molecule has 4 N–H and O–H groups in total. The third kappa shape index (κ3) is 8.62. The van der Waals surface area contributed by atoms with Crippen molar-refractivity contribution >= 4 is 54.1 Å². The lowest BCUT2D eigenvalue weighted by atomic mass is 10.1. The molecule has 0 amide bonds. The molecule has 0 saturated carbocycles. The molecule has 8 rings (SSSR count). The summed E-state index contributed by atoms with van der Waals surface area (Å²) < 4.78 is 83.3. The first kappa shape index (κ1) is 37.1. The minimum atomic E-state index is -3.90. The predicted octanol–water partition coefficient (Wildman–Crippen LogP) is 7.38. The van der Waals surface area contributed by atoms with Crippen LogP contribution in [0.25, 0.3) is 43.7 Å². The molecule has 0 aliphatic carbocycles. The first-order chi connectivity index (χ1) is 26.4. The summed E-state index contributed by atoms with van der Waals surface area (Å²) >= 11 is 2.12. The van der Waals surface area contributed by atoms with Crippen molar-refractivity contribution in [2.75, 3.05) is 9.44 Å². The standard InChI is InChI=1S/C18H15N5O2S2.C17H11F2N5O2S2/c1-12-5-2-3-8-15(12)16-9-10-17(26-16)27(24,25)21-14-7-4-6-13(11-14)18-19-22-23-20-18;18-11-4-5-13(14(19)9-11)15-6-7-16(27-15)28(25,26)22-12-3-1-2-10(8-12)17-20-23-24-21-17/h2-11,21H,1H3,(H,19,20,22,23);1-9,22H,(H,20,21,23,24). The highest BCUT2D eigenvalue weighted by Crippen LogP contribution is 2.35. The number of anilines is 2. The Morgan fingerprint density at radius 2 is 1.11 bits per heavy atom. The van der Waals surface area contributed by atoms with Gasteiger partial charge in [-0.05, 0) is 89.1 Å². The number of hydrogen-bond acceptors (Lipinski definition) is 12. The van der Waals surface area contributed by atoms with Crippen LogP contribution in [0.2, 0.25) is 0 Å². The number of sulfonamides is 2. The minimum Gasteiger partial charge on any atom is -0.279 e. The van der Waals surface area contributed by atoms with Crippen LogP contribution in [0.5, 0.6) is 0 Å². The fraction of sp³-hybridized carbons (Fsp3) is 0.0286. The lowest BCUT2D eigenvalue weighted by Crippen LogP contribution is -2.11. The molecular weight excluding hydrogens is 791 g/mol. The van der Waals surface area contributed by atoms with Gasteiger partial charge in [0, 0.05) is 43.9 Å². The normalized spacial score (nSPS) is 11.5. The Balaban J connectivity index is 0.000000169. The lowest BCUT2D eigenvalue weighted by molar-refractivity contribution is 0.585. The smallest absolute Gasteiger partial charge is 0.271 e. The maximum absolute atomic E-state index is 13.9. The molecule has 278 valence electrons. The fourth-order valence-corrected chi connectivity index (χ4v) is 10.0. The van der Waals surface area contributed by atoms with E-state index < -0.39 is 31.7 Å². The number of tetrazole rings is 2. The molecule has 0 aliphatic heterocycles. The monoisotopic (exact) mass is 816 g/mol. The first-order valence-corrected chi connectivity index (χ1v) is 20.5. The quantitative estimate of drug-likeness (QED) is 0.108. The molecule has 0 aliphatic rings. The largest absolute Gasteiger partial charge is 0.279 e. The number of thiophene rings is 2. The Hall–Kier alpha value is -6.22. The zero-order valence-electron chi connectivity index (χ0n) is 28.2. The number of aryl methyl sites for hydroxylation is 1. The summed E-state index contributed by atoms with van der Waals surface area (Å²) in [5.41, 5.74) is 4.25. The van der Waals surface area contributed by atoms with Crippen LogP contribution in [-0.2, 0) is 20.0 Å². The Labute approximate surface area is 320 Å². The number of hydrogen-bond donors (Lipinski definition) is 4. The second-order valence-electron chi connectivity index (χ2n) is 11.5. The number of halogens is 2. The summed E-state index contributed by atoms with van der Waals surface area (Å²) in [5.74, 6) is -0.736. The van der Waals surface area contributed by atoms with Gasteiger partial charge in [0.25, 0.3) is 20.0 Å². The fourth-order valence-electron chi connectivity index (χ4n) is 5.18. The van der Waals surface area contributed by atoms with Crippen LogP contribution in [-0.4, -0.2) is 58.1 Å². The van der Waals surface area contributed by atoms with Gasteiger partial charge in [0.05, 0.1) is 0 Å². The van der Waals surface area contributed by atoms with Gasteiger partial charge in [-0.2, -0.15) is 10.4 Å². The molecular formula is C35H26F2N10O4S4. The van der Waals surface area contributed by atoms with Crippen molar-refractivity contribution in [3.05, 3.63) is 132 Å². The summed E-state index contributed by atoms with van der Waals surface area (Å²) in [6.45, 7) is 2.00. The topological polar surface area (TPSA) is 201 Å². The van der Waals surface area contributed by atoms with Gasteiger partial charge in [0.1, 0.15) is 20.1 Å². The SMILES string of the molecule is Cc1ccccc1-c1ccc(S(=O)(=O)Nc2cccc(-c3nn[nH]n3)c2)s1.O=S(=O)(Nc1cccc(-c2nn[nH]n2)c1)c1ccc(-c2ccc(F)cc2F)s1. The number of aromatic amines is 2. The number of aromatic nitrogens is 8. The average molecular weight is 817 g/mol. The van der Waals surface area contributed by atoms with Gasteiger partial charge in [0.2, 0.25) is 11.6 Å². The summed E-state index contributed by atoms with van der Waals surface area (Å²) in [6, 6.07) is 30.7. The summed E-state index contributed by atoms with van der Waals surface area (Å²) in [7, 11) is -7.59. The molecule has 8 aromatic rings. The molecule has 0 fully saturated rings. The summed E-state index contributed by atoms with van der Waals surface area (Å²) in [4.78, 5) is 1.28. The zero-order chi connectivity index (χ0) is 38.6. The van der Waals surface area contributed by atoms with Crippen LogP contribution < -0.4 is 9.44 Å². The zero-order valence-corrected chi connectivity index (χ0v) is 31.4. The number of benzene rings is 4. The molecule has 0 spiro atoms. The third-order valence-corrected chi connectivity index (χ3v) is 13.7. The van der Waals surface area contributed by atoms with Crippen molar-refractivity contribution in [2.24, 2.45) is 0 Å². The van der Waals surface area contributed by atoms with E-state index >= 15 is 0 Å². The molecule has 20 heteroatoms. The van der Waals surface area contributed by atoms with Gasteiger partial charge in [-0.1, -0.05) is 48.5 Å². The van der Waals surface area contributed by atoms with Crippen LogP contribution in [0.4, 0.5) is 20.2 Å². The Morgan fingerprint density at radius 1 is 0.582 bits per heavy atom. The minimum absolute atomic E-state index is 0.00353. The van der Waals surface area contributed by atoms with Crippen molar-refractivity contribution < 1.29 is 25.6 Å². The second-order valence-corrected chi connectivity index (χ2v) is 17.5. The molecule has 0 unspecified atom stereocenters. The predicted molar refractivity (Wildman–Crippen MR) is 205 cm³/mol. The number of rotatable bonds is 10. The Bertz CT molecular complexity index is 2810. The third-order valence-electron chi connectivity index (χ3n) is 7.74.